The number of rotatable bonds is 5. The lowest BCUT2D eigenvalue weighted by atomic mass is 9.94. The molecule has 20 heavy (non-hydrogen) atoms. The lowest BCUT2D eigenvalue weighted by Crippen LogP contribution is -2.32. The number of aromatic nitrogens is 1. The van der Waals surface area contributed by atoms with Crippen LogP contribution in [-0.4, -0.2) is 45.0 Å². The van der Waals surface area contributed by atoms with Crippen molar-refractivity contribution in [2.45, 2.75) is 30.4 Å². The Bertz CT molecular complexity index is 551. The molecule has 0 aliphatic carbocycles. The van der Waals surface area contributed by atoms with Gasteiger partial charge in [-0.05, 0) is 52.2 Å². The van der Waals surface area contributed by atoms with E-state index in [9.17, 15) is 8.42 Å². The molecule has 114 valence electrons. The number of likely N-dealkylation sites (tertiary alicyclic amines) is 1. The predicted octanol–water partition coefficient (Wildman–Crippen LogP) is 2.12. The van der Waals surface area contributed by atoms with E-state index in [1.54, 1.807) is 6.92 Å². The lowest BCUT2D eigenvalue weighted by Gasteiger charge is -2.28. The maximum absolute atomic E-state index is 12.2. The molecule has 1 N–H and O–H groups in total. The first kappa shape index (κ1) is 16.2. The van der Waals surface area contributed by atoms with Gasteiger partial charge in [-0.3, -0.25) is 0 Å². The summed E-state index contributed by atoms with van der Waals surface area (Å²) in [6.07, 6.45) is 3.17. The number of nitrogens with zero attached hydrogens (tertiary/aromatic N) is 2. The van der Waals surface area contributed by atoms with Crippen LogP contribution in [0.3, 0.4) is 0 Å². The van der Waals surface area contributed by atoms with Crippen molar-refractivity contribution in [3.63, 3.8) is 0 Å². The molecule has 0 unspecified atom stereocenters. The molecule has 2 rings (SSSR count). The second-order valence-electron chi connectivity index (χ2n) is 5.27. The average molecular weight is 338 g/mol. The molecule has 1 saturated heterocycles. The quantitative estimate of drug-likeness (QED) is 0.894. The average Bonchev–Trinajstić information content (AvgIpc) is 2.72. The van der Waals surface area contributed by atoms with Gasteiger partial charge in [0.1, 0.15) is 0 Å². The Morgan fingerprint density at radius 1 is 1.45 bits per heavy atom. The number of hydrogen-bond donors (Lipinski definition) is 1. The molecule has 1 fully saturated rings. The monoisotopic (exact) mass is 337 g/mol. The molecule has 0 bridgehead atoms. The molecule has 5 nitrogen and oxygen atoms in total. The predicted molar refractivity (Wildman–Crippen MR) is 81.9 cm³/mol. The van der Waals surface area contributed by atoms with Gasteiger partial charge in [0.15, 0.2) is 8.68 Å². The van der Waals surface area contributed by atoms with Crippen LogP contribution in [0.2, 0.25) is 4.47 Å². The standard InChI is InChI=1S/C12H20ClN3O2S2/c1-9-11(19-12(13)15-9)20(17,18)14-6-3-10-4-7-16(2)8-5-10/h10,14H,3-8H2,1-2H3. The van der Waals surface area contributed by atoms with Gasteiger partial charge in [0, 0.05) is 6.54 Å². The highest BCUT2D eigenvalue weighted by molar-refractivity contribution is 7.91. The summed E-state index contributed by atoms with van der Waals surface area (Å²) in [5, 5.41) is 0. The van der Waals surface area contributed by atoms with E-state index in [1.807, 2.05) is 0 Å². The van der Waals surface area contributed by atoms with Crippen LogP contribution in [-0.2, 0) is 10.0 Å². The third-order valence-electron chi connectivity index (χ3n) is 3.65. The molecule has 1 aliphatic heterocycles. The summed E-state index contributed by atoms with van der Waals surface area (Å²) < 4.78 is 27.5. The third kappa shape index (κ3) is 4.14. The second-order valence-corrected chi connectivity index (χ2v) is 8.82. The van der Waals surface area contributed by atoms with Crippen LogP contribution < -0.4 is 4.72 Å². The van der Waals surface area contributed by atoms with Crippen LogP contribution in [0.5, 0.6) is 0 Å². The highest BCUT2D eigenvalue weighted by Crippen LogP contribution is 2.26. The fraction of sp³-hybridized carbons (Fsp3) is 0.750. The van der Waals surface area contributed by atoms with Crippen LogP contribution in [0.1, 0.15) is 25.0 Å². The fourth-order valence-corrected chi connectivity index (χ4v) is 5.24. The number of nitrogens with one attached hydrogen (secondary N) is 1. The Kier molecular flexibility index (Phi) is 5.42. The van der Waals surface area contributed by atoms with Crippen molar-refractivity contribution >= 4 is 33.0 Å². The van der Waals surface area contributed by atoms with Crippen LogP contribution in [0.15, 0.2) is 4.21 Å². The first-order valence-corrected chi connectivity index (χ1v) is 9.37. The summed E-state index contributed by atoms with van der Waals surface area (Å²) in [7, 11) is -1.35. The van der Waals surface area contributed by atoms with Crippen LogP contribution in [0, 0.1) is 12.8 Å². The Morgan fingerprint density at radius 3 is 2.65 bits per heavy atom. The van der Waals surface area contributed by atoms with Crippen molar-refractivity contribution in [3.05, 3.63) is 10.2 Å². The Hall–Kier alpha value is -0.210. The zero-order valence-corrected chi connectivity index (χ0v) is 14.1. The van der Waals surface area contributed by atoms with Crippen molar-refractivity contribution in [1.29, 1.82) is 0 Å². The number of thiazole rings is 1. The highest BCUT2D eigenvalue weighted by Gasteiger charge is 2.22. The SMILES string of the molecule is Cc1nc(Cl)sc1S(=O)(=O)NCCC1CCN(C)CC1. The summed E-state index contributed by atoms with van der Waals surface area (Å²) >= 11 is 6.76. The fourth-order valence-electron chi connectivity index (χ4n) is 2.41. The number of aryl methyl sites for hydroxylation is 1. The molecule has 0 saturated carbocycles. The summed E-state index contributed by atoms with van der Waals surface area (Å²) in [6.45, 7) is 4.33. The molecule has 1 aromatic rings. The maximum Gasteiger partial charge on any atom is 0.251 e. The molecule has 0 amide bonds. The molecule has 0 aromatic carbocycles. The molecule has 1 aromatic heterocycles. The van der Waals surface area contributed by atoms with Crippen molar-refractivity contribution in [2.24, 2.45) is 5.92 Å². The van der Waals surface area contributed by atoms with E-state index in [-0.39, 0.29) is 8.68 Å². The van der Waals surface area contributed by atoms with Crippen LogP contribution in [0.4, 0.5) is 0 Å². The lowest BCUT2D eigenvalue weighted by molar-refractivity contribution is 0.213. The Labute approximate surface area is 129 Å². The van der Waals surface area contributed by atoms with Gasteiger partial charge in [-0.25, -0.2) is 18.1 Å². The van der Waals surface area contributed by atoms with Gasteiger partial charge in [-0.2, -0.15) is 0 Å². The normalized spacial score (nSPS) is 18.6. The van der Waals surface area contributed by atoms with Gasteiger partial charge in [-0.1, -0.05) is 22.9 Å². The highest BCUT2D eigenvalue weighted by atomic mass is 35.5. The molecular formula is C12H20ClN3O2S2. The van der Waals surface area contributed by atoms with E-state index < -0.39 is 10.0 Å². The maximum atomic E-state index is 12.2. The van der Waals surface area contributed by atoms with Crippen molar-refractivity contribution in [1.82, 2.24) is 14.6 Å². The van der Waals surface area contributed by atoms with Gasteiger partial charge in [0.05, 0.1) is 5.69 Å². The zero-order chi connectivity index (χ0) is 14.8. The van der Waals surface area contributed by atoms with Crippen molar-refractivity contribution in [2.75, 3.05) is 26.7 Å². The van der Waals surface area contributed by atoms with E-state index >= 15 is 0 Å². The summed E-state index contributed by atoms with van der Waals surface area (Å²) in [5.74, 6) is 0.611. The summed E-state index contributed by atoms with van der Waals surface area (Å²) in [6, 6.07) is 0. The molecule has 0 spiro atoms. The smallest absolute Gasteiger partial charge is 0.251 e. The molecular weight excluding hydrogens is 318 g/mol. The largest absolute Gasteiger partial charge is 0.306 e. The Morgan fingerprint density at radius 2 is 2.10 bits per heavy atom. The minimum Gasteiger partial charge on any atom is -0.306 e. The number of hydrogen-bond acceptors (Lipinski definition) is 5. The third-order valence-corrected chi connectivity index (χ3v) is 6.99. The van der Waals surface area contributed by atoms with Crippen LogP contribution >= 0.6 is 22.9 Å². The molecule has 8 heteroatoms. The van der Waals surface area contributed by atoms with Gasteiger partial charge in [0.25, 0.3) is 10.0 Å². The summed E-state index contributed by atoms with van der Waals surface area (Å²) in [4.78, 5) is 6.25. The minimum absolute atomic E-state index is 0.228. The minimum atomic E-state index is -3.47. The van der Waals surface area contributed by atoms with E-state index in [2.05, 4.69) is 21.7 Å². The first-order valence-electron chi connectivity index (χ1n) is 6.69. The van der Waals surface area contributed by atoms with E-state index in [4.69, 9.17) is 11.6 Å². The molecule has 2 heterocycles. The number of halogens is 1. The second kappa shape index (κ2) is 6.70. The number of piperidine rings is 1. The van der Waals surface area contributed by atoms with Crippen LogP contribution in [0.25, 0.3) is 0 Å². The first-order chi connectivity index (χ1) is 9.38. The molecule has 0 radical (unpaired) electrons. The van der Waals surface area contributed by atoms with Gasteiger partial charge >= 0.3 is 0 Å². The van der Waals surface area contributed by atoms with Gasteiger partial charge in [-0.15, -0.1) is 0 Å². The molecule has 0 atom stereocenters. The Balaban J connectivity index is 1.85. The van der Waals surface area contributed by atoms with Gasteiger partial charge in [0.2, 0.25) is 0 Å². The topological polar surface area (TPSA) is 62.3 Å². The zero-order valence-electron chi connectivity index (χ0n) is 11.7. The van der Waals surface area contributed by atoms with Gasteiger partial charge < -0.3 is 4.90 Å². The van der Waals surface area contributed by atoms with E-state index in [0.29, 0.717) is 18.2 Å². The summed E-state index contributed by atoms with van der Waals surface area (Å²) in [5.41, 5.74) is 0.465. The van der Waals surface area contributed by atoms with E-state index in [0.717, 1.165) is 43.7 Å². The van der Waals surface area contributed by atoms with Crippen molar-refractivity contribution in [3.8, 4) is 0 Å². The molecule has 1 aliphatic rings. The van der Waals surface area contributed by atoms with Crippen molar-refractivity contribution < 1.29 is 8.42 Å². The van der Waals surface area contributed by atoms with E-state index in [1.165, 1.54) is 0 Å². The number of sulfonamides is 1.